The van der Waals surface area contributed by atoms with Crippen molar-refractivity contribution in [1.29, 1.82) is 0 Å². The predicted octanol–water partition coefficient (Wildman–Crippen LogP) is 3.79. The van der Waals surface area contributed by atoms with Crippen molar-refractivity contribution in [3.8, 4) is 0 Å². The molecule has 4 rings (SSSR count). The van der Waals surface area contributed by atoms with E-state index < -0.39 is 0 Å². The lowest BCUT2D eigenvalue weighted by Crippen LogP contribution is -2.28. The van der Waals surface area contributed by atoms with Crippen LogP contribution in [0.5, 0.6) is 0 Å². The Bertz CT molecular complexity index is 932. The molecule has 0 aromatic carbocycles. The van der Waals surface area contributed by atoms with Gasteiger partial charge in [0.05, 0.1) is 5.39 Å². The minimum absolute atomic E-state index is 0.0335. The van der Waals surface area contributed by atoms with E-state index in [1.165, 1.54) is 54.4 Å². The average molecular weight is 363 g/mol. The quantitative estimate of drug-likeness (QED) is 0.720. The second-order valence-corrected chi connectivity index (χ2v) is 8.88. The van der Waals surface area contributed by atoms with Gasteiger partial charge in [0, 0.05) is 17.5 Å². The number of fused-ring (bicyclic) bond motifs is 2. The van der Waals surface area contributed by atoms with Crippen LogP contribution in [0.15, 0.2) is 4.79 Å². The number of nitrogens with zero attached hydrogens (tertiary/aromatic N) is 3. The zero-order chi connectivity index (χ0) is 16.7. The van der Waals surface area contributed by atoms with Crippen LogP contribution in [0.25, 0.3) is 15.2 Å². The Balaban J connectivity index is 1.62. The molecule has 3 heterocycles. The summed E-state index contributed by atoms with van der Waals surface area (Å²) >= 11 is 3.11. The van der Waals surface area contributed by atoms with Crippen LogP contribution in [-0.2, 0) is 6.54 Å². The molecule has 0 atom stereocenters. The molecule has 7 heteroatoms. The van der Waals surface area contributed by atoms with Crippen molar-refractivity contribution in [2.45, 2.75) is 65.0 Å². The first-order valence-corrected chi connectivity index (χ1v) is 10.3. The van der Waals surface area contributed by atoms with Gasteiger partial charge in [0.25, 0.3) is 5.56 Å². The Morgan fingerprint density at radius 1 is 1.17 bits per heavy atom. The molecule has 1 aliphatic rings. The number of hydrogen-bond donors (Lipinski definition) is 1. The van der Waals surface area contributed by atoms with E-state index in [1.54, 1.807) is 11.3 Å². The van der Waals surface area contributed by atoms with E-state index >= 15 is 0 Å². The molecule has 0 radical (unpaired) electrons. The first-order chi connectivity index (χ1) is 11.6. The Morgan fingerprint density at radius 2 is 1.92 bits per heavy atom. The maximum Gasteiger partial charge on any atom is 0.284 e. The number of nitrogens with one attached hydrogen (secondary N) is 1. The molecule has 1 N–H and O–H groups in total. The van der Waals surface area contributed by atoms with Crippen molar-refractivity contribution in [1.82, 2.24) is 19.9 Å². The van der Waals surface area contributed by atoms with Crippen LogP contribution in [0.3, 0.4) is 0 Å². The first-order valence-electron chi connectivity index (χ1n) is 8.65. The highest BCUT2D eigenvalue weighted by Gasteiger charge is 2.17. The fourth-order valence-corrected chi connectivity index (χ4v) is 5.36. The van der Waals surface area contributed by atoms with Crippen molar-refractivity contribution >= 4 is 37.9 Å². The molecule has 0 spiro atoms. The maximum absolute atomic E-state index is 12.7. The second kappa shape index (κ2) is 6.54. The van der Waals surface area contributed by atoms with Gasteiger partial charge in [-0.25, -0.2) is 4.98 Å². The van der Waals surface area contributed by atoms with Gasteiger partial charge in [-0.2, -0.15) is 9.61 Å². The minimum atomic E-state index is -0.0335. The molecular weight excluding hydrogens is 340 g/mol. The summed E-state index contributed by atoms with van der Waals surface area (Å²) in [6.07, 6.45) is 7.83. The van der Waals surface area contributed by atoms with Crippen LogP contribution in [0.4, 0.5) is 0 Å². The van der Waals surface area contributed by atoms with Gasteiger partial charge < -0.3 is 5.32 Å². The lowest BCUT2D eigenvalue weighted by molar-refractivity contribution is 0.457. The molecule has 0 saturated heterocycles. The third-order valence-corrected chi connectivity index (χ3v) is 6.98. The van der Waals surface area contributed by atoms with Crippen LogP contribution in [-0.4, -0.2) is 20.6 Å². The molecule has 1 saturated carbocycles. The summed E-state index contributed by atoms with van der Waals surface area (Å²) in [5.74, 6) is 0. The normalized spacial score (nSPS) is 16.9. The Hall–Kier alpha value is -1.31. The topological polar surface area (TPSA) is 59.3 Å². The summed E-state index contributed by atoms with van der Waals surface area (Å²) < 4.78 is 1.48. The van der Waals surface area contributed by atoms with Gasteiger partial charge in [0.15, 0.2) is 0 Å². The van der Waals surface area contributed by atoms with Gasteiger partial charge in [-0.3, -0.25) is 4.79 Å². The number of aryl methyl sites for hydroxylation is 2. The SMILES string of the molecule is Cc1sc2nc3sc(CNC4CCCCCC4)nn3c(=O)c2c1C. The molecule has 0 bridgehead atoms. The van der Waals surface area contributed by atoms with Gasteiger partial charge in [0.2, 0.25) is 4.96 Å². The Kier molecular flexibility index (Phi) is 4.40. The molecule has 0 aliphatic heterocycles. The minimum Gasteiger partial charge on any atom is -0.308 e. The van der Waals surface area contributed by atoms with E-state index in [0.717, 1.165) is 32.2 Å². The zero-order valence-corrected chi connectivity index (χ0v) is 15.7. The summed E-state index contributed by atoms with van der Waals surface area (Å²) in [4.78, 5) is 20.1. The molecule has 5 nitrogen and oxygen atoms in total. The summed E-state index contributed by atoms with van der Waals surface area (Å²) in [6, 6.07) is 0.581. The van der Waals surface area contributed by atoms with Crippen LogP contribution in [0.2, 0.25) is 0 Å². The van der Waals surface area contributed by atoms with Gasteiger partial charge in [-0.15, -0.1) is 11.3 Å². The third kappa shape index (κ3) is 2.89. The van der Waals surface area contributed by atoms with Gasteiger partial charge in [0.1, 0.15) is 9.84 Å². The smallest absolute Gasteiger partial charge is 0.284 e. The van der Waals surface area contributed by atoms with Crippen LogP contribution in [0, 0.1) is 13.8 Å². The monoisotopic (exact) mass is 362 g/mol. The molecule has 24 heavy (non-hydrogen) atoms. The fourth-order valence-electron chi connectivity index (χ4n) is 3.44. The van der Waals surface area contributed by atoms with Crippen LogP contribution in [0.1, 0.15) is 54.0 Å². The highest BCUT2D eigenvalue weighted by molar-refractivity contribution is 7.19. The van der Waals surface area contributed by atoms with E-state index in [1.807, 2.05) is 13.8 Å². The predicted molar refractivity (Wildman–Crippen MR) is 100 cm³/mol. The van der Waals surface area contributed by atoms with Crippen molar-refractivity contribution in [2.75, 3.05) is 0 Å². The van der Waals surface area contributed by atoms with Gasteiger partial charge in [-0.1, -0.05) is 37.0 Å². The Morgan fingerprint density at radius 3 is 2.67 bits per heavy atom. The molecule has 0 amide bonds. The number of aromatic nitrogens is 3. The lowest BCUT2D eigenvalue weighted by atomic mass is 10.1. The van der Waals surface area contributed by atoms with Crippen molar-refractivity contribution in [2.24, 2.45) is 0 Å². The summed E-state index contributed by atoms with van der Waals surface area (Å²) in [5.41, 5.74) is 1.00. The highest BCUT2D eigenvalue weighted by atomic mass is 32.1. The number of hydrogen-bond acceptors (Lipinski definition) is 6. The van der Waals surface area contributed by atoms with Crippen molar-refractivity contribution in [3.05, 3.63) is 25.8 Å². The van der Waals surface area contributed by atoms with E-state index in [-0.39, 0.29) is 5.56 Å². The van der Waals surface area contributed by atoms with E-state index in [4.69, 9.17) is 0 Å². The summed E-state index contributed by atoms with van der Waals surface area (Å²) in [5, 5.41) is 9.81. The molecule has 1 aliphatic carbocycles. The molecular formula is C17H22N4OS2. The Labute approximate surface area is 148 Å². The lowest BCUT2D eigenvalue weighted by Gasteiger charge is -2.14. The standard InChI is InChI=1S/C17H22N4OS2/c1-10-11(2)23-15-14(10)16(22)21-17(19-15)24-13(20-21)9-18-12-7-5-3-4-6-8-12/h12,18H,3-9H2,1-2H3. The van der Waals surface area contributed by atoms with Crippen molar-refractivity contribution in [3.63, 3.8) is 0 Å². The van der Waals surface area contributed by atoms with E-state index in [0.29, 0.717) is 11.0 Å². The number of rotatable bonds is 3. The molecule has 3 aromatic rings. The number of thiophene rings is 1. The molecule has 3 aromatic heterocycles. The average Bonchev–Trinajstić information content (AvgIpc) is 2.96. The van der Waals surface area contributed by atoms with Crippen LogP contribution >= 0.6 is 22.7 Å². The van der Waals surface area contributed by atoms with Crippen molar-refractivity contribution < 1.29 is 0 Å². The molecule has 1 fully saturated rings. The van der Waals surface area contributed by atoms with Gasteiger partial charge >= 0.3 is 0 Å². The maximum atomic E-state index is 12.7. The third-order valence-electron chi connectivity index (χ3n) is 4.97. The van der Waals surface area contributed by atoms with Crippen LogP contribution < -0.4 is 10.9 Å². The first kappa shape index (κ1) is 16.2. The zero-order valence-electron chi connectivity index (χ0n) is 14.1. The highest BCUT2D eigenvalue weighted by Crippen LogP contribution is 2.27. The van der Waals surface area contributed by atoms with E-state index in [9.17, 15) is 4.79 Å². The van der Waals surface area contributed by atoms with E-state index in [2.05, 4.69) is 15.4 Å². The molecule has 0 unspecified atom stereocenters. The second-order valence-electron chi connectivity index (χ2n) is 6.64. The largest absolute Gasteiger partial charge is 0.308 e. The fraction of sp³-hybridized carbons (Fsp3) is 0.588. The van der Waals surface area contributed by atoms with Gasteiger partial charge in [-0.05, 0) is 32.3 Å². The summed E-state index contributed by atoms with van der Waals surface area (Å²) in [7, 11) is 0. The summed E-state index contributed by atoms with van der Waals surface area (Å²) in [6.45, 7) is 4.75. The molecule has 128 valence electrons.